The number of nitrogens with one attached hydrogen (secondary N) is 1. The van der Waals surface area contributed by atoms with Gasteiger partial charge in [0, 0.05) is 12.6 Å². The van der Waals surface area contributed by atoms with Crippen molar-refractivity contribution in [3.63, 3.8) is 0 Å². The average Bonchev–Trinajstić information content (AvgIpc) is 2.35. The Bertz CT molecular complexity index is 443. The first-order chi connectivity index (χ1) is 8.61. The molecule has 1 atom stereocenters. The summed E-state index contributed by atoms with van der Waals surface area (Å²) >= 11 is 0. The lowest BCUT2D eigenvalue weighted by Crippen LogP contribution is -2.37. The average molecular weight is 242 g/mol. The van der Waals surface area contributed by atoms with Crippen LogP contribution in [0.15, 0.2) is 24.3 Å². The van der Waals surface area contributed by atoms with Crippen molar-refractivity contribution in [2.24, 2.45) is 5.41 Å². The lowest BCUT2D eigenvalue weighted by molar-refractivity contribution is 0.198. The molecule has 2 nitrogen and oxygen atoms in total. The van der Waals surface area contributed by atoms with Gasteiger partial charge < -0.3 is 5.32 Å². The van der Waals surface area contributed by atoms with Gasteiger partial charge in [-0.2, -0.15) is 5.26 Å². The van der Waals surface area contributed by atoms with Crippen LogP contribution in [0.5, 0.6) is 0 Å². The molecule has 0 amide bonds. The molecule has 0 heterocycles. The Balaban J connectivity index is 1.94. The Morgan fingerprint density at radius 1 is 1.39 bits per heavy atom. The van der Waals surface area contributed by atoms with Crippen LogP contribution in [0.1, 0.15) is 50.7 Å². The van der Waals surface area contributed by atoms with E-state index in [4.69, 9.17) is 5.26 Å². The molecular weight excluding hydrogens is 220 g/mol. The Hall–Kier alpha value is -1.33. The van der Waals surface area contributed by atoms with E-state index >= 15 is 0 Å². The normalized spacial score (nSPS) is 22.4. The fourth-order valence-electron chi connectivity index (χ4n) is 2.91. The summed E-state index contributed by atoms with van der Waals surface area (Å²) in [6, 6.07) is 10.7. The second-order valence-electron chi connectivity index (χ2n) is 6.11. The van der Waals surface area contributed by atoms with Gasteiger partial charge in [0.25, 0.3) is 0 Å². The molecule has 0 spiro atoms. The van der Waals surface area contributed by atoms with Crippen LogP contribution < -0.4 is 5.32 Å². The minimum absolute atomic E-state index is 0.463. The van der Waals surface area contributed by atoms with Crippen molar-refractivity contribution in [1.82, 2.24) is 5.32 Å². The molecule has 1 N–H and O–H groups in total. The molecule has 1 aliphatic carbocycles. The summed E-state index contributed by atoms with van der Waals surface area (Å²) in [5.74, 6) is 0. The van der Waals surface area contributed by atoms with E-state index in [2.05, 4.69) is 25.2 Å². The van der Waals surface area contributed by atoms with E-state index in [-0.39, 0.29) is 0 Å². The monoisotopic (exact) mass is 242 g/mol. The van der Waals surface area contributed by atoms with Crippen molar-refractivity contribution in [2.75, 3.05) is 0 Å². The van der Waals surface area contributed by atoms with Gasteiger partial charge >= 0.3 is 0 Å². The topological polar surface area (TPSA) is 35.8 Å². The summed E-state index contributed by atoms with van der Waals surface area (Å²) in [5, 5.41) is 12.7. The molecule has 1 unspecified atom stereocenters. The second-order valence-corrected chi connectivity index (χ2v) is 6.11. The molecule has 0 aromatic heterocycles. The number of hydrogen-bond acceptors (Lipinski definition) is 2. The van der Waals surface area contributed by atoms with Gasteiger partial charge in [-0.1, -0.05) is 38.5 Å². The smallest absolute Gasteiger partial charge is 0.0995 e. The molecule has 1 aromatic carbocycles. The highest BCUT2D eigenvalue weighted by Crippen LogP contribution is 2.35. The van der Waals surface area contributed by atoms with Gasteiger partial charge in [-0.25, -0.2) is 0 Å². The predicted molar refractivity (Wildman–Crippen MR) is 74.0 cm³/mol. The summed E-state index contributed by atoms with van der Waals surface area (Å²) < 4.78 is 0. The number of hydrogen-bond donors (Lipinski definition) is 1. The molecule has 1 fully saturated rings. The zero-order valence-corrected chi connectivity index (χ0v) is 11.4. The van der Waals surface area contributed by atoms with Gasteiger partial charge in [0.1, 0.15) is 0 Å². The molecule has 96 valence electrons. The molecule has 1 aliphatic rings. The van der Waals surface area contributed by atoms with Crippen LogP contribution in [0.25, 0.3) is 0 Å². The molecular formula is C16H22N2. The summed E-state index contributed by atoms with van der Waals surface area (Å²) in [5.41, 5.74) is 2.37. The van der Waals surface area contributed by atoms with Crippen LogP contribution in [0, 0.1) is 16.7 Å². The van der Waals surface area contributed by atoms with E-state index in [1.807, 2.05) is 24.3 Å². The molecule has 2 heteroatoms. The minimum Gasteiger partial charge on any atom is -0.310 e. The van der Waals surface area contributed by atoms with Crippen LogP contribution >= 0.6 is 0 Å². The Morgan fingerprint density at radius 3 is 2.89 bits per heavy atom. The lowest BCUT2D eigenvalue weighted by Gasteiger charge is -2.35. The quantitative estimate of drug-likeness (QED) is 0.878. The summed E-state index contributed by atoms with van der Waals surface area (Å²) in [6.45, 7) is 5.51. The highest BCUT2D eigenvalue weighted by atomic mass is 14.9. The van der Waals surface area contributed by atoms with Crippen molar-refractivity contribution in [1.29, 1.82) is 5.26 Å². The maximum Gasteiger partial charge on any atom is 0.0995 e. The Kier molecular flexibility index (Phi) is 4.04. The molecule has 1 aromatic rings. The SMILES string of the molecule is CC1(C)CCCC(NCc2ccccc2C#N)C1. The van der Waals surface area contributed by atoms with Crippen LogP contribution in [0.3, 0.4) is 0 Å². The fourth-order valence-corrected chi connectivity index (χ4v) is 2.91. The second kappa shape index (κ2) is 5.54. The standard InChI is InChI=1S/C16H22N2/c1-16(2)9-5-8-15(10-16)18-12-14-7-4-3-6-13(14)11-17/h3-4,6-7,15,18H,5,8-10,12H2,1-2H3. The van der Waals surface area contributed by atoms with Crippen molar-refractivity contribution in [3.05, 3.63) is 35.4 Å². The van der Waals surface area contributed by atoms with Crippen LogP contribution in [0.4, 0.5) is 0 Å². The lowest BCUT2D eigenvalue weighted by atomic mass is 9.75. The van der Waals surface area contributed by atoms with Gasteiger partial charge in [-0.15, -0.1) is 0 Å². The number of rotatable bonds is 3. The molecule has 0 saturated heterocycles. The van der Waals surface area contributed by atoms with Crippen molar-refractivity contribution in [3.8, 4) is 6.07 Å². The Labute approximate surface area is 110 Å². The van der Waals surface area contributed by atoms with E-state index in [1.165, 1.54) is 25.7 Å². The summed E-state index contributed by atoms with van der Waals surface area (Å²) in [6.07, 6.45) is 5.14. The minimum atomic E-state index is 0.463. The number of benzene rings is 1. The highest BCUT2D eigenvalue weighted by molar-refractivity contribution is 5.37. The maximum atomic E-state index is 9.06. The van der Waals surface area contributed by atoms with Gasteiger partial charge in [-0.3, -0.25) is 0 Å². The molecule has 0 radical (unpaired) electrons. The van der Waals surface area contributed by atoms with Crippen molar-refractivity contribution in [2.45, 2.75) is 52.1 Å². The van der Waals surface area contributed by atoms with Crippen LogP contribution in [0.2, 0.25) is 0 Å². The maximum absolute atomic E-state index is 9.06. The predicted octanol–water partition coefficient (Wildman–Crippen LogP) is 3.62. The third-order valence-electron chi connectivity index (χ3n) is 3.92. The zero-order valence-electron chi connectivity index (χ0n) is 11.4. The van der Waals surface area contributed by atoms with E-state index in [9.17, 15) is 0 Å². The van der Waals surface area contributed by atoms with Crippen molar-refractivity contribution >= 4 is 0 Å². The van der Waals surface area contributed by atoms with E-state index < -0.39 is 0 Å². The first-order valence-electron chi connectivity index (χ1n) is 6.82. The van der Waals surface area contributed by atoms with Gasteiger partial charge in [0.2, 0.25) is 0 Å². The third kappa shape index (κ3) is 3.34. The first-order valence-corrected chi connectivity index (χ1v) is 6.82. The molecule has 18 heavy (non-hydrogen) atoms. The molecule has 0 aliphatic heterocycles. The number of nitriles is 1. The summed E-state index contributed by atoms with van der Waals surface area (Å²) in [7, 11) is 0. The van der Waals surface area contributed by atoms with E-state index in [0.29, 0.717) is 11.5 Å². The first kappa shape index (κ1) is 13.1. The molecule has 1 saturated carbocycles. The van der Waals surface area contributed by atoms with Gasteiger partial charge in [0.05, 0.1) is 11.6 Å². The van der Waals surface area contributed by atoms with Gasteiger partial charge in [0.15, 0.2) is 0 Å². The van der Waals surface area contributed by atoms with Crippen molar-refractivity contribution < 1.29 is 0 Å². The fraction of sp³-hybridized carbons (Fsp3) is 0.562. The molecule has 0 bridgehead atoms. The summed E-state index contributed by atoms with van der Waals surface area (Å²) in [4.78, 5) is 0. The molecule has 2 rings (SSSR count). The van der Waals surface area contributed by atoms with E-state index in [1.54, 1.807) is 0 Å². The largest absolute Gasteiger partial charge is 0.310 e. The van der Waals surface area contributed by atoms with Gasteiger partial charge in [-0.05, 0) is 36.3 Å². The third-order valence-corrected chi connectivity index (χ3v) is 3.92. The zero-order chi connectivity index (χ0) is 13.0. The van der Waals surface area contributed by atoms with Crippen LogP contribution in [-0.4, -0.2) is 6.04 Å². The van der Waals surface area contributed by atoms with E-state index in [0.717, 1.165) is 17.7 Å². The Morgan fingerprint density at radius 2 is 2.17 bits per heavy atom. The van der Waals surface area contributed by atoms with Crippen LogP contribution in [-0.2, 0) is 6.54 Å². The number of nitrogens with zero attached hydrogens (tertiary/aromatic N) is 1. The highest BCUT2D eigenvalue weighted by Gasteiger charge is 2.27.